The number of hydrogen-bond acceptors (Lipinski definition) is 3. The fraction of sp³-hybridized carbons (Fsp3) is 0.933. The summed E-state index contributed by atoms with van der Waals surface area (Å²) < 4.78 is 5.24. The van der Waals surface area contributed by atoms with Gasteiger partial charge in [0.25, 0.3) is 0 Å². The van der Waals surface area contributed by atoms with Crippen LogP contribution >= 0.6 is 0 Å². The third-order valence-corrected chi connectivity index (χ3v) is 3.99. The summed E-state index contributed by atoms with van der Waals surface area (Å²) in [7, 11) is 0. The summed E-state index contributed by atoms with van der Waals surface area (Å²) in [4.78, 5) is 12.0. The lowest BCUT2D eigenvalue weighted by molar-refractivity contribution is -0.126. The zero-order valence-corrected chi connectivity index (χ0v) is 12.3. The molecule has 19 heavy (non-hydrogen) atoms. The Hall–Kier alpha value is -0.610. The molecule has 1 fully saturated rings. The van der Waals surface area contributed by atoms with Crippen LogP contribution in [-0.4, -0.2) is 32.2 Å². The summed E-state index contributed by atoms with van der Waals surface area (Å²) in [5.41, 5.74) is 5.32. The normalized spacial score (nSPS) is 23.3. The minimum absolute atomic E-state index is 0.213. The van der Waals surface area contributed by atoms with E-state index in [4.69, 9.17) is 10.5 Å². The van der Waals surface area contributed by atoms with Gasteiger partial charge in [0.2, 0.25) is 5.91 Å². The summed E-state index contributed by atoms with van der Waals surface area (Å²) >= 11 is 0. The first kappa shape index (κ1) is 16.4. The molecule has 0 aromatic carbocycles. The van der Waals surface area contributed by atoms with Crippen molar-refractivity contribution in [3.8, 4) is 0 Å². The highest BCUT2D eigenvalue weighted by Crippen LogP contribution is 2.31. The first-order valence-corrected chi connectivity index (χ1v) is 7.83. The van der Waals surface area contributed by atoms with Crippen LogP contribution in [0.3, 0.4) is 0 Å². The van der Waals surface area contributed by atoms with Crippen LogP contribution in [0.5, 0.6) is 0 Å². The van der Waals surface area contributed by atoms with Crippen molar-refractivity contribution in [1.82, 2.24) is 5.32 Å². The van der Waals surface area contributed by atoms with Crippen molar-refractivity contribution in [3.63, 3.8) is 0 Å². The third-order valence-electron chi connectivity index (χ3n) is 3.99. The molecule has 0 aromatic rings. The van der Waals surface area contributed by atoms with E-state index < -0.39 is 0 Å². The lowest BCUT2D eigenvalue weighted by Crippen LogP contribution is -2.35. The molecule has 0 aromatic heterocycles. The molecule has 0 saturated heterocycles. The second kappa shape index (κ2) is 10.2. The molecule has 1 aliphatic rings. The number of nitrogens with two attached hydrogens (primary N) is 1. The van der Waals surface area contributed by atoms with Crippen molar-refractivity contribution in [2.75, 3.05) is 26.3 Å². The Kier molecular flexibility index (Phi) is 8.84. The van der Waals surface area contributed by atoms with E-state index in [2.05, 4.69) is 12.2 Å². The van der Waals surface area contributed by atoms with E-state index in [0.29, 0.717) is 26.3 Å². The highest BCUT2D eigenvalue weighted by Gasteiger charge is 2.25. The Morgan fingerprint density at radius 2 is 2.00 bits per heavy atom. The number of carbonyl (C=O) groups is 1. The number of carbonyl (C=O) groups excluding carboxylic acids is 1. The van der Waals surface area contributed by atoms with E-state index in [0.717, 1.165) is 18.8 Å². The average Bonchev–Trinajstić information content (AvgIpc) is 2.45. The largest absolute Gasteiger partial charge is 0.378 e. The van der Waals surface area contributed by atoms with Gasteiger partial charge in [0.05, 0.1) is 13.2 Å². The zero-order valence-electron chi connectivity index (χ0n) is 12.3. The lowest BCUT2D eigenvalue weighted by atomic mass is 9.79. The SMILES string of the molecule is CCCCC1CCC(C(=O)NCCOCCN)CC1. The Morgan fingerprint density at radius 3 is 2.63 bits per heavy atom. The topological polar surface area (TPSA) is 64.3 Å². The smallest absolute Gasteiger partial charge is 0.223 e. The first-order valence-electron chi connectivity index (χ1n) is 7.83. The van der Waals surface area contributed by atoms with Crippen LogP contribution in [0.4, 0.5) is 0 Å². The molecule has 0 heterocycles. The highest BCUT2D eigenvalue weighted by atomic mass is 16.5. The maximum absolute atomic E-state index is 12.0. The van der Waals surface area contributed by atoms with Crippen LogP contribution in [-0.2, 0) is 9.53 Å². The number of ether oxygens (including phenoxy) is 1. The Balaban J connectivity index is 2.07. The molecule has 4 heteroatoms. The molecule has 0 radical (unpaired) electrons. The average molecular weight is 270 g/mol. The van der Waals surface area contributed by atoms with Crippen LogP contribution in [0.1, 0.15) is 51.9 Å². The van der Waals surface area contributed by atoms with Crippen LogP contribution in [0.2, 0.25) is 0 Å². The van der Waals surface area contributed by atoms with Crippen molar-refractivity contribution in [2.24, 2.45) is 17.6 Å². The molecule has 1 amide bonds. The maximum Gasteiger partial charge on any atom is 0.223 e. The molecule has 3 N–H and O–H groups in total. The van der Waals surface area contributed by atoms with Crippen molar-refractivity contribution in [1.29, 1.82) is 0 Å². The lowest BCUT2D eigenvalue weighted by Gasteiger charge is -2.27. The molecule has 0 bridgehead atoms. The van der Waals surface area contributed by atoms with E-state index >= 15 is 0 Å². The van der Waals surface area contributed by atoms with Crippen LogP contribution in [0.25, 0.3) is 0 Å². The molecule has 112 valence electrons. The molecule has 0 spiro atoms. The van der Waals surface area contributed by atoms with Crippen LogP contribution in [0, 0.1) is 11.8 Å². The van der Waals surface area contributed by atoms with Gasteiger partial charge >= 0.3 is 0 Å². The summed E-state index contributed by atoms with van der Waals surface area (Å²) in [6.45, 7) is 4.52. The van der Waals surface area contributed by atoms with Crippen LogP contribution < -0.4 is 11.1 Å². The molecule has 0 aliphatic heterocycles. The summed E-state index contributed by atoms with van der Waals surface area (Å²) in [5, 5.41) is 2.96. The minimum Gasteiger partial charge on any atom is -0.378 e. The maximum atomic E-state index is 12.0. The molecule has 1 aliphatic carbocycles. The Morgan fingerprint density at radius 1 is 1.26 bits per heavy atom. The van der Waals surface area contributed by atoms with Gasteiger partial charge in [-0.25, -0.2) is 0 Å². The third kappa shape index (κ3) is 6.92. The summed E-state index contributed by atoms with van der Waals surface area (Å²) in [5.74, 6) is 1.30. The molecule has 1 saturated carbocycles. The monoisotopic (exact) mass is 270 g/mol. The Bertz CT molecular complexity index is 238. The second-order valence-electron chi connectivity index (χ2n) is 5.55. The van der Waals surface area contributed by atoms with Crippen molar-refractivity contribution < 1.29 is 9.53 Å². The van der Waals surface area contributed by atoms with E-state index in [1.807, 2.05) is 0 Å². The first-order chi connectivity index (χ1) is 9.27. The summed E-state index contributed by atoms with van der Waals surface area (Å²) in [6.07, 6.45) is 8.53. The number of amides is 1. The second-order valence-corrected chi connectivity index (χ2v) is 5.55. The molecular formula is C15H30N2O2. The molecule has 4 nitrogen and oxygen atoms in total. The number of unbranched alkanes of at least 4 members (excludes halogenated alkanes) is 1. The van der Waals surface area contributed by atoms with E-state index in [-0.39, 0.29) is 11.8 Å². The quantitative estimate of drug-likeness (QED) is 0.630. The van der Waals surface area contributed by atoms with Crippen molar-refractivity contribution >= 4 is 5.91 Å². The summed E-state index contributed by atoms with van der Waals surface area (Å²) in [6, 6.07) is 0. The molecule has 0 atom stereocenters. The molecular weight excluding hydrogens is 240 g/mol. The zero-order chi connectivity index (χ0) is 13.9. The van der Waals surface area contributed by atoms with Gasteiger partial charge in [-0.05, 0) is 31.6 Å². The van der Waals surface area contributed by atoms with Gasteiger partial charge in [-0.3, -0.25) is 4.79 Å². The van der Waals surface area contributed by atoms with Crippen molar-refractivity contribution in [2.45, 2.75) is 51.9 Å². The predicted octanol–water partition coefficient (Wildman–Crippen LogP) is 2.07. The predicted molar refractivity (Wildman–Crippen MR) is 77.9 cm³/mol. The van der Waals surface area contributed by atoms with E-state index in [1.54, 1.807) is 0 Å². The molecule has 1 rings (SSSR count). The standard InChI is InChI=1S/C15H30N2O2/c1-2-3-4-13-5-7-14(8-6-13)15(18)17-10-12-19-11-9-16/h13-14H,2-12,16H2,1H3,(H,17,18). The van der Waals surface area contributed by atoms with Gasteiger partial charge in [0, 0.05) is 19.0 Å². The van der Waals surface area contributed by atoms with Gasteiger partial charge in [-0.15, -0.1) is 0 Å². The number of hydrogen-bond donors (Lipinski definition) is 2. The Labute approximate surface area is 117 Å². The van der Waals surface area contributed by atoms with Gasteiger partial charge < -0.3 is 15.8 Å². The van der Waals surface area contributed by atoms with Gasteiger partial charge in [0.15, 0.2) is 0 Å². The fourth-order valence-corrected chi connectivity index (χ4v) is 2.78. The van der Waals surface area contributed by atoms with Gasteiger partial charge in [-0.1, -0.05) is 26.2 Å². The fourth-order valence-electron chi connectivity index (χ4n) is 2.78. The number of rotatable bonds is 9. The minimum atomic E-state index is 0.213. The van der Waals surface area contributed by atoms with Crippen LogP contribution in [0.15, 0.2) is 0 Å². The van der Waals surface area contributed by atoms with Gasteiger partial charge in [0.1, 0.15) is 0 Å². The van der Waals surface area contributed by atoms with E-state index in [9.17, 15) is 4.79 Å². The number of nitrogens with one attached hydrogen (secondary N) is 1. The highest BCUT2D eigenvalue weighted by molar-refractivity contribution is 5.78. The van der Waals surface area contributed by atoms with E-state index in [1.165, 1.54) is 32.1 Å². The van der Waals surface area contributed by atoms with Crippen molar-refractivity contribution in [3.05, 3.63) is 0 Å². The van der Waals surface area contributed by atoms with Gasteiger partial charge in [-0.2, -0.15) is 0 Å². The molecule has 0 unspecified atom stereocenters.